The molecule has 20 heavy (non-hydrogen) atoms. The van der Waals surface area contributed by atoms with Crippen LogP contribution in [0.2, 0.25) is 0 Å². The molecule has 110 valence electrons. The Morgan fingerprint density at radius 1 is 1.35 bits per heavy atom. The molecule has 0 radical (unpaired) electrons. The van der Waals surface area contributed by atoms with Crippen molar-refractivity contribution in [2.45, 2.75) is 45.6 Å². The highest BCUT2D eigenvalue weighted by molar-refractivity contribution is 7.07. The van der Waals surface area contributed by atoms with Crippen molar-refractivity contribution in [2.75, 3.05) is 0 Å². The van der Waals surface area contributed by atoms with Crippen LogP contribution in [0.3, 0.4) is 0 Å². The number of hydrazine groups is 1. The number of hydrogen-bond donors (Lipinski definition) is 2. The maximum atomic E-state index is 5.69. The first kappa shape index (κ1) is 15.2. The van der Waals surface area contributed by atoms with Crippen LogP contribution in [-0.4, -0.2) is 15.8 Å². The standard InChI is InChI=1S/C15H24N4S/c1-11-15(12(2)19(3)18-11)7-6-14(17-16)5-4-13-8-9-20-10-13/h8-10,14,17H,4-7,16H2,1-3H3. The molecule has 4 nitrogen and oxygen atoms in total. The summed E-state index contributed by atoms with van der Waals surface area (Å²) in [5, 5.41) is 8.81. The Balaban J connectivity index is 1.87. The number of aryl methyl sites for hydroxylation is 3. The van der Waals surface area contributed by atoms with Gasteiger partial charge in [-0.2, -0.15) is 16.4 Å². The van der Waals surface area contributed by atoms with Gasteiger partial charge in [0.2, 0.25) is 0 Å². The Morgan fingerprint density at radius 3 is 2.65 bits per heavy atom. The predicted octanol–water partition coefficient (Wildman–Crippen LogP) is 2.50. The number of rotatable bonds is 7. The minimum atomic E-state index is 0.355. The highest BCUT2D eigenvalue weighted by atomic mass is 32.1. The lowest BCUT2D eigenvalue weighted by Crippen LogP contribution is -2.35. The summed E-state index contributed by atoms with van der Waals surface area (Å²) in [5.41, 5.74) is 8.13. The molecular weight excluding hydrogens is 268 g/mol. The zero-order valence-corrected chi connectivity index (χ0v) is 13.3. The SMILES string of the molecule is Cc1nn(C)c(C)c1CCC(CCc1ccsc1)NN. The number of nitrogens with two attached hydrogens (primary N) is 1. The molecule has 0 saturated heterocycles. The Bertz CT molecular complexity index is 530. The van der Waals surface area contributed by atoms with Crippen LogP contribution < -0.4 is 11.3 Å². The molecule has 0 aliphatic rings. The van der Waals surface area contributed by atoms with Crippen molar-refractivity contribution in [3.63, 3.8) is 0 Å². The second-order valence-electron chi connectivity index (χ2n) is 5.35. The lowest BCUT2D eigenvalue weighted by molar-refractivity contribution is 0.463. The van der Waals surface area contributed by atoms with Gasteiger partial charge in [-0.1, -0.05) is 0 Å². The summed E-state index contributed by atoms with van der Waals surface area (Å²) in [4.78, 5) is 0. The number of hydrogen-bond acceptors (Lipinski definition) is 4. The average Bonchev–Trinajstić information content (AvgIpc) is 3.02. The molecule has 2 aromatic heterocycles. The van der Waals surface area contributed by atoms with Gasteiger partial charge >= 0.3 is 0 Å². The summed E-state index contributed by atoms with van der Waals surface area (Å²) in [7, 11) is 2.00. The molecule has 1 unspecified atom stereocenters. The molecule has 0 fully saturated rings. The molecule has 0 aliphatic heterocycles. The monoisotopic (exact) mass is 292 g/mol. The van der Waals surface area contributed by atoms with Gasteiger partial charge in [-0.25, -0.2) is 0 Å². The molecule has 5 heteroatoms. The van der Waals surface area contributed by atoms with Crippen molar-refractivity contribution in [1.29, 1.82) is 0 Å². The first-order valence-corrected chi connectivity index (χ1v) is 8.02. The smallest absolute Gasteiger partial charge is 0.0628 e. The molecule has 2 rings (SSSR count). The second kappa shape index (κ2) is 7.02. The maximum Gasteiger partial charge on any atom is 0.0628 e. The lowest BCUT2D eigenvalue weighted by atomic mass is 9.99. The van der Waals surface area contributed by atoms with E-state index in [0.717, 1.165) is 31.4 Å². The van der Waals surface area contributed by atoms with E-state index < -0.39 is 0 Å². The van der Waals surface area contributed by atoms with Gasteiger partial charge in [0.05, 0.1) is 5.69 Å². The summed E-state index contributed by atoms with van der Waals surface area (Å²) in [5.74, 6) is 5.69. The molecule has 1 atom stereocenters. The van der Waals surface area contributed by atoms with Gasteiger partial charge in [-0.15, -0.1) is 0 Å². The van der Waals surface area contributed by atoms with E-state index in [1.54, 1.807) is 11.3 Å². The largest absolute Gasteiger partial charge is 0.272 e. The molecule has 2 aromatic rings. The third-order valence-corrected chi connectivity index (χ3v) is 4.73. The normalized spacial score (nSPS) is 12.8. The molecule has 0 saturated carbocycles. The summed E-state index contributed by atoms with van der Waals surface area (Å²) >= 11 is 1.75. The predicted molar refractivity (Wildman–Crippen MR) is 84.8 cm³/mol. The third-order valence-electron chi connectivity index (χ3n) is 4.00. The van der Waals surface area contributed by atoms with Gasteiger partial charge in [0, 0.05) is 18.8 Å². The molecule has 0 amide bonds. The van der Waals surface area contributed by atoms with Crippen molar-refractivity contribution in [3.8, 4) is 0 Å². The average molecular weight is 292 g/mol. The summed E-state index contributed by atoms with van der Waals surface area (Å²) in [6.45, 7) is 4.21. The first-order valence-electron chi connectivity index (χ1n) is 7.08. The molecule has 0 bridgehead atoms. The first-order chi connectivity index (χ1) is 9.61. The fourth-order valence-electron chi connectivity index (χ4n) is 2.58. The zero-order chi connectivity index (χ0) is 14.5. The molecular formula is C15H24N4S. The number of nitrogens with zero attached hydrogens (tertiary/aromatic N) is 2. The Morgan fingerprint density at radius 2 is 2.10 bits per heavy atom. The Labute approximate surface area is 125 Å². The Hall–Kier alpha value is -1.17. The highest BCUT2D eigenvalue weighted by Crippen LogP contribution is 2.17. The van der Waals surface area contributed by atoms with Crippen LogP contribution in [0, 0.1) is 13.8 Å². The van der Waals surface area contributed by atoms with Crippen molar-refractivity contribution in [2.24, 2.45) is 12.9 Å². The van der Waals surface area contributed by atoms with E-state index >= 15 is 0 Å². The number of thiophene rings is 1. The summed E-state index contributed by atoms with van der Waals surface area (Å²) in [6, 6.07) is 2.54. The lowest BCUT2D eigenvalue weighted by Gasteiger charge is -2.15. The van der Waals surface area contributed by atoms with Gasteiger partial charge in [0.15, 0.2) is 0 Å². The molecule has 2 heterocycles. The zero-order valence-electron chi connectivity index (χ0n) is 12.5. The second-order valence-corrected chi connectivity index (χ2v) is 6.13. The van der Waals surface area contributed by atoms with Gasteiger partial charge in [0.1, 0.15) is 0 Å². The van der Waals surface area contributed by atoms with Crippen molar-refractivity contribution in [1.82, 2.24) is 15.2 Å². The topological polar surface area (TPSA) is 55.9 Å². The number of aromatic nitrogens is 2. The van der Waals surface area contributed by atoms with Crippen LogP contribution in [-0.2, 0) is 19.9 Å². The van der Waals surface area contributed by atoms with E-state index in [0.29, 0.717) is 6.04 Å². The molecule has 0 spiro atoms. The minimum absolute atomic E-state index is 0.355. The fourth-order valence-corrected chi connectivity index (χ4v) is 3.29. The van der Waals surface area contributed by atoms with Crippen molar-refractivity contribution < 1.29 is 0 Å². The van der Waals surface area contributed by atoms with Crippen LogP contribution in [0.4, 0.5) is 0 Å². The highest BCUT2D eigenvalue weighted by Gasteiger charge is 2.13. The van der Waals surface area contributed by atoms with E-state index in [-0.39, 0.29) is 0 Å². The van der Waals surface area contributed by atoms with E-state index in [4.69, 9.17) is 5.84 Å². The summed E-state index contributed by atoms with van der Waals surface area (Å²) < 4.78 is 1.96. The van der Waals surface area contributed by atoms with E-state index in [9.17, 15) is 0 Å². The van der Waals surface area contributed by atoms with Gasteiger partial charge in [0.25, 0.3) is 0 Å². The van der Waals surface area contributed by atoms with Gasteiger partial charge in [-0.3, -0.25) is 16.0 Å². The van der Waals surface area contributed by atoms with E-state index in [2.05, 4.69) is 41.2 Å². The van der Waals surface area contributed by atoms with E-state index in [1.165, 1.54) is 16.8 Å². The maximum absolute atomic E-state index is 5.69. The molecule has 0 aromatic carbocycles. The third kappa shape index (κ3) is 3.69. The minimum Gasteiger partial charge on any atom is -0.272 e. The fraction of sp³-hybridized carbons (Fsp3) is 0.533. The van der Waals surface area contributed by atoms with Gasteiger partial charge < -0.3 is 0 Å². The quantitative estimate of drug-likeness (QED) is 0.609. The van der Waals surface area contributed by atoms with Crippen molar-refractivity contribution >= 4 is 11.3 Å². The van der Waals surface area contributed by atoms with Gasteiger partial charge in [-0.05, 0) is 67.5 Å². The van der Waals surface area contributed by atoms with Crippen molar-refractivity contribution in [3.05, 3.63) is 39.3 Å². The van der Waals surface area contributed by atoms with E-state index in [1.807, 2.05) is 11.7 Å². The summed E-state index contributed by atoms with van der Waals surface area (Å²) in [6.07, 6.45) is 4.24. The number of nitrogens with one attached hydrogen (secondary N) is 1. The van der Waals surface area contributed by atoms with Crippen LogP contribution in [0.25, 0.3) is 0 Å². The van der Waals surface area contributed by atoms with Crippen LogP contribution in [0.5, 0.6) is 0 Å². The molecule has 3 N–H and O–H groups in total. The Kier molecular flexibility index (Phi) is 5.34. The van der Waals surface area contributed by atoms with Crippen LogP contribution >= 0.6 is 11.3 Å². The van der Waals surface area contributed by atoms with Crippen LogP contribution in [0.15, 0.2) is 16.8 Å². The van der Waals surface area contributed by atoms with Crippen LogP contribution in [0.1, 0.15) is 35.4 Å². The molecule has 0 aliphatic carbocycles.